The normalized spacial score (nSPS) is 26.8. The van der Waals surface area contributed by atoms with Gasteiger partial charge < -0.3 is 10.0 Å². The van der Waals surface area contributed by atoms with Crippen molar-refractivity contribution >= 4 is 22.5 Å². The summed E-state index contributed by atoms with van der Waals surface area (Å²) >= 11 is 1.41. The van der Waals surface area contributed by atoms with Crippen LogP contribution in [0.25, 0.3) is 0 Å². The van der Waals surface area contributed by atoms with Crippen molar-refractivity contribution in [2.45, 2.75) is 31.4 Å². The zero-order valence-corrected chi connectivity index (χ0v) is 10.6. The maximum atomic E-state index is 11.8. The molecule has 17 heavy (non-hydrogen) atoms. The van der Waals surface area contributed by atoms with E-state index in [9.17, 15) is 9.90 Å². The minimum absolute atomic E-state index is 0.148. The maximum Gasteiger partial charge on any atom is 0.328 e. The van der Waals surface area contributed by atoms with Crippen molar-refractivity contribution in [1.29, 1.82) is 0 Å². The van der Waals surface area contributed by atoms with E-state index in [-0.39, 0.29) is 11.4 Å². The molecule has 0 radical (unpaired) electrons. The molecule has 1 aliphatic heterocycles. The van der Waals surface area contributed by atoms with Crippen LogP contribution in [0.2, 0.25) is 0 Å². The Morgan fingerprint density at radius 2 is 2.18 bits per heavy atom. The fourth-order valence-electron chi connectivity index (χ4n) is 1.88. The number of hydrogen-bond donors (Lipinski definition) is 1. The molecule has 6 nitrogen and oxygen atoms in total. The van der Waals surface area contributed by atoms with Crippen molar-refractivity contribution in [3.8, 4) is 0 Å². The number of likely N-dealkylation sites (N-methyl/N-ethyl adjacent to an activating group) is 1. The lowest BCUT2D eigenvalue weighted by atomic mass is 10.2. The van der Waals surface area contributed by atoms with Crippen LogP contribution in [0.4, 0.5) is 9.93 Å². The average molecular weight is 254 g/mol. The van der Waals surface area contributed by atoms with Gasteiger partial charge in [-0.15, -0.1) is 10.2 Å². The molecular formula is C10H14N4O2S. The van der Waals surface area contributed by atoms with Gasteiger partial charge in [-0.1, -0.05) is 18.3 Å². The molecule has 2 heterocycles. The first-order valence-corrected chi connectivity index (χ1v) is 6.39. The first-order valence-electron chi connectivity index (χ1n) is 5.58. The minimum Gasteiger partial charge on any atom is -0.371 e. The van der Waals surface area contributed by atoms with Crippen LogP contribution in [0.15, 0.2) is 0 Å². The first-order chi connectivity index (χ1) is 8.01. The van der Waals surface area contributed by atoms with Gasteiger partial charge >= 0.3 is 6.03 Å². The lowest BCUT2D eigenvalue weighted by Gasteiger charge is -2.14. The van der Waals surface area contributed by atoms with Gasteiger partial charge in [-0.3, -0.25) is 0 Å². The molecule has 92 valence electrons. The minimum atomic E-state index is -0.819. The lowest BCUT2D eigenvalue weighted by Crippen LogP contribution is -2.34. The Labute approximate surface area is 103 Å². The molecule has 1 aromatic heterocycles. The molecule has 7 heteroatoms. The predicted octanol–water partition coefficient (Wildman–Crippen LogP) is 0.780. The number of urea groups is 1. The molecule has 3 rings (SSSR count). The van der Waals surface area contributed by atoms with E-state index in [1.807, 2.05) is 0 Å². The summed E-state index contributed by atoms with van der Waals surface area (Å²) in [5, 5.41) is 19.4. The summed E-state index contributed by atoms with van der Waals surface area (Å²) in [5.74, 6) is 0. The Balaban J connectivity index is 1.89. The summed E-state index contributed by atoms with van der Waals surface area (Å²) < 4.78 is 0. The largest absolute Gasteiger partial charge is 0.371 e. The number of aromatic nitrogens is 2. The highest BCUT2D eigenvalue weighted by atomic mass is 32.1. The number of amides is 2. The number of anilines is 1. The van der Waals surface area contributed by atoms with E-state index >= 15 is 0 Å². The summed E-state index contributed by atoms with van der Waals surface area (Å²) in [6.45, 7) is 2.46. The van der Waals surface area contributed by atoms with Crippen molar-refractivity contribution < 1.29 is 9.90 Å². The predicted molar refractivity (Wildman–Crippen MR) is 63.0 cm³/mol. The van der Waals surface area contributed by atoms with E-state index in [2.05, 4.69) is 17.1 Å². The maximum absolute atomic E-state index is 11.8. The van der Waals surface area contributed by atoms with Crippen LogP contribution in [0.5, 0.6) is 0 Å². The number of carbonyl (C=O) groups is 1. The third kappa shape index (κ3) is 1.61. The molecule has 0 spiro atoms. The molecule has 2 amide bonds. The third-order valence-electron chi connectivity index (χ3n) is 3.40. The lowest BCUT2D eigenvalue weighted by molar-refractivity contribution is 0.183. The monoisotopic (exact) mass is 254 g/mol. The van der Waals surface area contributed by atoms with Crippen molar-refractivity contribution in [3.63, 3.8) is 0 Å². The quantitative estimate of drug-likeness (QED) is 0.846. The number of hydrogen-bond acceptors (Lipinski definition) is 5. The molecular weight excluding hydrogens is 240 g/mol. The van der Waals surface area contributed by atoms with Gasteiger partial charge in [0.2, 0.25) is 5.13 Å². The second kappa shape index (κ2) is 3.39. The van der Waals surface area contributed by atoms with Gasteiger partial charge in [0.05, 0.1) is 6.54 Å². The van der Waals surface area contributed by atoms with E-state index in [0.717, 1.165) is 17.8 Å². The highest BCUT2D eigenvalue weighted by Crippen LogP contribution is 2.49. The van der Waals surface area contributed by atoms with Crippen molar-refractivity contribution in [1.82, 2.24) is 15.1 Å². The summed E-state index contributed by atoms with van der Waals surface area (Å²) in [7, 11) is 1.66. The van der Waals surface area contributed by atoms with Gasteiger partial charge in [-0.25, -0.2) is 9.69 Å². The Kier molecular flexibility index (Phi) is 2.18. The number of β-amino-alcohol motifs (C(OH)–C–C–N with tert-alkyl or cyclic N) is 1. The average Bonchev–Trinajstić information content (AvgIpc) is 2.73. The molecule has 1 unspecified atom stereocenters. The molecule has 1 aromatic rings. The van der Waals surface area contributed by atoms with E-state index in [4.69, 9.17) is 0 Å². The highest BCUT2D eigenvalue weighted by Gasteiger charge is 2.44. The van der Waals surface area contributed by atoms with Gasteiger partial charge in [0, 0.05) is 12.5 Å². The van der Waals surface area contributed by atoms with Gasteiger partial charge in [-0.05, 0) is 12.8 Å². The Bertz CT molecular complexity index is 471. The van der Waals surface area contributed by atoms with Crippen LogP contribution in [0.3, 0.4) is 0 Å². The Morgan fingerprint density at radius 1 is 1.47 bits per heavy atom. The molecule has 0 aromatic carbocycles. The number of aliphatic hydroxyl groups is 1. The van der Waals surface area contributed by atoms with E-state index < -0.39 is 6.23 Å². The highest BCUT2D eigenvalue weighted by molar-refractivity contribution is 7.15. The first kappa shape index (κ1) is 10.9. The smallest absolute Gasteiger partial charge is 0.328 e. The van der Waals surface area contributed by atoms with Gasteiger partial charge in [-0.2, -0.15) is 0 Å². The molecule has 1 N–H and O–H groups in total. The topological polar surface area (TPSA) is 69.6 Å². The van der Waals surface area contributed by atoms with Crippen LogP contribution in [-0.2, 0) is 5.41 Å². The number of aliphatic hydroxyl groups excluding tert-OH is 1. The fourth-order valence-corrected chi connectivity index (χ4v) is 2.97. The second-order valence-corrected chi connectivity index (χ2v) is 5.92. The molecule has 1 saturated heterocycles. The summed E-state index contributed by atoms with van der Waals surface area (Å²) in [4.78, 5) is 14.6. The van der Waals surface area contributed by atoms with E-state index in [1.165, 1.54) is 21.1 Å². The molecule has 0 bridgehead atoms. The van der Waals surface area contributed by atoms with Crippen LogP contribution >= 0.6 is 11.3 Å². The second-order valence-electron chi connectivity index (χ2n) is 4.96. The number of rotatable bonds is 2. The third-order valence-corrected chi connectivity index (χ3v) is 4.63. The van der Waals surface area contributed by atoms with Gasteiger partial charge in [0.25, 0.3) is 0 Å². The van der Waals surface area contributed by atoms with Crippen molar-refractivity contribution in [2.24, 2.45) is 0 Å². The molecule has 1 aliphatic carbocycles. The van der Waals surface area contributed by atoms with Crippen LogP contribution in [0.1, 0.15) is 24.8 Å². The molecule has 2 fully saturated rings. The summed E-state index contributed by atoms with van der Waals surface area (Å²) in [6.07, 6.45) is 1.43. The standard InChI is InChI=1S/C10H14N4O2S/c1-10(3-4-10)7-11-12-8(17-7)14-6(15)5-13(2)9(14)16/h6,15H,3-5H2,1-2H3. The van der Waals surface area contributed by atoms with Crippen LogP contribution in [-0.4, -0.2) is 46.1 Å². The zero-order chi connectivity index (χ0) is 12.2. The van der Waals surface area contributed by atoms with Crippen molar-refractivity contribution in [2.75, 3.05) is 18.5 Å². The van der Waals surface area contributed by atoms with E-state index in [0.29, 0.717) is 11.7 Å². The molecule has 2 aliphatic rings. The summed E-state index contributed by atoms with van der Waals surface area (Å²) in [5.41, 5.74) is 0.148. The molecule has 1 saturated carbocycles. The van der Waals surface area contributed by atoms with Crippen molar-refractivity contribution in [3.05, 3.63) is 5.01 Å². The SMILES string of the molecule is CN1CC(O)N(c2nnc(C3(C)CC3)s2)C1=O. The van der Waals surface area contributed by atoms with Crippen LogP contribution < -0.4 is 4.90 Å². The summed E-state index contributed by atoms with van der Waals surface area (Å²) in [6, 6.07) is -0.221. The molecule has 1 atom stereocenters. The Morgan fingerprint density at radius 3 is 2.71 bits per heavy atom. The van der Waals surface area contributed by atoms with Crippen LogP contribution in [0, 0.1) is 0 Å². The fraction of sp³-hybridized carbons (Fsp3) is 0.700. The van der Waals surface area contributed by atoms with Gasteiger partial charge in [0.15, 0.2) is 6.23 Å². The van der Waals surface area contributed by atoms with Gasteiger partial charge in [0.1, 0.15) is 5.01 Å². The zero-order valence-electron chi connectivity index (χ0n) is 9.75. The van der Waals surface area contributed by atoms with E-state index in [1.54, 1.807) is 7.05 Å². The number of nitrogens with zero attached hydrogens (tertiary/aromatic N) is 4. The Hall–Kier alpha value is -1.21. The number of carbonyl (C=O) groups excluding carboxylic acids is 1.